The summed E-state index contributed by atoms with van der Waals surface area (Å²) in [7, 11) is 1.69. The molecule has 10 heteroatoms. The monoisotopic (exact) mass is 430 g/mol. The van der Waals surface area contributed by atoms with Gasteiger partial charge in [0.25, 0.3) is 0 Å². The van der Waals surface area contributed by atoms with Crippen LogP contribution < -0.4 is 11.0 Å². The highest BCUT2D eigenvalue weighted by atomic mass is 16.5. The van der Waals surface area contributed by atoms with E-state index in [4.69, 9.17) is 9.84 Å². The second-order valence-corrected chi connectivity index (χ2v) is 8.08. The standard InChI is InChI=1S/C21H26N4O6/c1-23-18-13(5-3-11-31-14-9-10-24(12-14)21(29)30)4-2-6-15(18)25(20(23)28)16-7-8-17(26)22-19(16)27/h2,4,6,14,16H,3,5,7-12H2,1H3,(H,29,30)(H,22,26,27)/t14-,16?/m1/s1. The quantitative estimate of drug-likeness (QED) is 0.521. The van der Waals surface area contributed by atoms with Crippen molar-refractivity contribution in [1.82, 2.24) is 19.4 Å². The fourth-order valence-electron chi connectivity index (χ4n) is 4.50. The summed E-state index contributed by atoms with van der Waals surface area (Å²) in [4.78, 5) is 49.1. The SMILES string of the molecule is Cn1c(=O)n(C2CCC(=O)NC2=O)c2cccc(CCCO[C@@H]3CCN(C(=O)O)C3)c21. The molecule has 3 amide bonds. The van der Waals surface area contributed by atoms with Crippen LogP contribution in [-0.4, -0.2) is 62.8 Å². The number of hydrogen-bond acceptors (Lipinski definition) is 5. The number of imide groups is 1. The van der Waals surface area contributed by atoms with E-state index in [0.717, 1.165) is 17.5 Å². The van der Waals surface area contributed by atoms with Crippen molar-refractivity contribution in [3.05, 3.63) is 34.2 Å². The van der Waals surface area contributed by atoms with Crippen LogP contribution in [0.4, 0.5) is 4.79 Å². The molecular weight excluding hydrogens is 404 g/mol. The van der Waals surface area contributed by atoms with Gasteiger partial charge in [-0.15, -0.1) is 0 Å². The van der Waals surface area contributed by atoms with E-state index in [0.29, 0.717) is 44.5 Å². The van der Waals surface area contributed by atoms with Gasteiger partial charge in [-0.2, -0.15) is 0 Å². The molecule has 2 aromatic rings. The van der Waals surface area contributed by atoms with Gasteiger partial charge < -0.3 is 14.7 Å². The lowest BCUT2D eigenvalue weighted by Crippen LogP contribution is -2.44. The lowest BCUT2D eigenvalue weighted by atomic mass is 10.0. The zero-order valence-electron chi connectivity index (χ0n) is 17.4. The van der Waals surface area contributed by atoms with Crippen LogP contribution in [-0.2, 0) is 27.8 Å². The average molecular weight is 430 g/mol. The number of ether oxygens (including phenoxy) is 1. The predicted octanol–water partition coefficient (Wildman–Crippen LogP) is 1.02. The molecule has 2 aliphatic rings. The predicted molar refractivity (Wildman–Crippen MR) is 111 cm³/mol. The molecule has 0 radical (unpaired) electrons. The topological polar surface area (TPSA) is 123 Å². The normalized spacial score (nSPS) is 21.6. The molecule has 2 atom stereocenters. The average Bonchev–Trinajstić information content (AvgIpc) is 3.30. The molecule has 2 fully saturated rings. The molecule has 1 aromatic carbocycles. The van der Waals surface area contributed by atoms with Crippen LogP contribution in [0.3, 0.4) is 0 Å². The lowest BCUT2D eigenvalue weighted by molar-refractivity contribution is -0.135. The highest BCUT2D eigenvalue weighted by Crippen LogP contribution is 2.25. The summed E-state index contributed by atoms with van der Waals surface area (Å²) < 4.78 is 8.87. The number of fused-ring (bicyclic) bond motifs is 1. The molecule has 2 N–H and O–H groups in total. The molecule has 1 aromatic heterocycles. The van der Waals surface area contributed by atoms with Gasteiger partial charge in [0.15, 0.2) is 0 Å². The molecule has 4 rings (SSSR count). The minimum atomic E-state index is -0.917. The maximum Gasteiger partial charge on any atom is 0.407 e. The van der Waals surface area contributed by atoms with Crippen molar-refractivity contribution in [2.24, 2.45) is 7.05 Å². The summed E-state index contributed by atoms with van der Waals surface area (Å²) in [6.45, 7) is 1.39. The molecule has 1 unspecified atom stereocenters. The first-order valence-electron chi connectivity index (χ1n) is 10.5. The fraction of sp³-hybridized carbons (Fsp3) is 0.524. The van der Waals surface area contributed by atoms with Gasteiger partial charge in [-0.1, -0.05) is 12.1 Å². The van der Waals surface area contributed by atoms with Crippen LogP contribution in [0, 0.1) is 0 Å². The van der Waals surface area contributed by atoms with Crippen LogP contribution in [0.5, 0.6) is 0 Å². The van der Waals surface area contributed by atoms with Crippen LogP contribution >= 0.6 is 0 Å². The van der Waals surface area contributed by atoms with Crippen molar-refractivity contribution in [3.8, 4) is 0 Å². The zero-order valence-corrected chi connectivity index (χ0v) is 17.4. The van der Waals surface area contributed by atoms with Crippen molar-refractivity contribution in [2.75, 3.05) is 19.7 Å². The van der Waals surface area contributed by atoms with Gasteiger partial charge in [0.2, 0.25) is 11.8 Å². The Labute approximate surface area is 178 Å². The molecule has 10 nitrogen and oxygen atoms in total. The lowest BCUT2D eigenvalue weighted by Gasteiger charge is -2.22. The number of carbonyl (C=O) groups is 3. The Hall–Kier alpha value is -3.14. The Balaban J connectivity index is 1.47. The fourth-order valence-corrected chi connectivity index (χ4v) is 4.50. The first-order chi connectivity index (χ1) is 14.9. The minimum absolute atomic E-state index is 0.0788. The Morgan fingerprint density at radius 3 is 2.77 bits per heavy atom. The van der Waals surface area contributed by atoms with E-state index >= 15 is 0 Å². The number of rotatable bonds is 6. The summed E-state index contributed by atoms with van der Waals surface area (Å²) in [6.07, 6.45) is 1.61. The largest absolute Gasteiger partial charge is 0.465 e. The number of amides is 3. The molecule has 2 saturated heterocycles. The Bertz CT molecular complexity index is 1090. The smallest absolute Gasteiger partial charge is 0.407 e. The van der Waals surface area contributed by atoms with Crippen LogP contribution in [0.15, 0.2) is 23.0 Å². The molecule has 3 heterocycles. The second kappa shape index (κ2) is 8.54. The molecule has 0 bridgehead atoms. The molecule has 166 valence electrons. The van der Waals surface area contributed by atoms with E-state index in [1.165, 1.54) is 9.47 Å². The van der Waals surface area contributed by atoms with Gasteiger partial charge in [0.05, 0.1) is 23.7 Å². The van der Waals surface area contributed by atoms with E-state index in [1.54, 1.807) is 11.6 Å². The third kappa shape index (κ3) is 4.07. The number of nitrogens with one attached hydrogen (secondary N) is 1. The van der Waals surface area contributed by atoms with Gasteiger partial charge >= 0.3 is 11.8 Å². The molecular formula is C21H26N4O6. The number of aromatic nitrogens is 2. The van der Waals surface area contributed by atoms with Crippen molar-refractivity contribution < 1.29 is 24.2 Å². The van der Waals surface area contributed by atoms with Crippen LogP contribution in [0.25, 0.3) is 11.0 Å². The number of carbonyl (C=O) groups excluding carboxylic acids is 2. The van der Waals surface area contributed by atoms with Crippen molar-refractivity contribution >= 4 is 28.9 Å². The Kier molecular flexibility index (Phi) is 5.81. The Morgan fingerprint density at radius 2 is 2.06 bits per heavy atom. The first kappa shape index (κ1) is 21.1. The molecule has 2 aliphatic heterocycles. The highest BCUT2D eigenvalue weighted by molar-refractivity contribution is 6.00. The van der Waals surface area contributed by atoms with Gasteiger partial charge in [-0.05, 0) is 37.3 Å². The number of aryl methyl sites for hydroxylation is 2. The van der Waals surface area contributed by atoms with Crippen molar-refractivity contribution in [3.63, 3.8) is 0 Å². The van der Waals surface area contributed by atoms with Gasteiger partial charge in [-0.25, -0.2) is 9.59 Å². The highest BCUT2D eigenvalue weighted by Gasteiger charge is 2.31. The maximum absolute atomic E-state index is 12.9. The maximum atomic E-state index is 12.9. The number of hydrogen-bond donors (Lipinski definition) is 2. The minimum Gasteiger partial charge on any atom is -0.465 e. The van der Waals surface area contributed by atoms with E-state index < -0.39 is 18.0 Å². The summed E-state index contributed by atoms with van der Waals surface area (Å²) in [5, 5.41) is 11.3. The molecule has 31 heavy (non-hydrogen) atoms. The van der Waals surface area contributed by atoms with E-state index in [-0.39, 0.29) is 24.1 Å². The third-order valence-electron chi connectivity index (χ3n) is 6.07. The summed E-state index contributed by atoms with van der Waals surface area (Å²) in [5.41, 5.74) is 2.14. The zero-order chi connectivity index (χ0) is 22.1. The van der Waals surface area contributed by atoms with Crippen molar-refractivity contribution in [2.45, 2.75) is 44.2 Å². The van der Waals surface area contributed by atoms with Crippen LogP contribution in [0.2, 0.25) is 0 Å². The molecule has 0 aliphatic carbocycles. The summed E-state index contributed by atoms with van der Waals surface area (Å²) >= 11 is 0. The number of nitrogens with zero attached hydrogens (tertiary/aromatic N) is 3. The van der Waals surface area contributed by atoms with E-state index in [9.17, 15) is 19.2 Å². The van der Waals surface area contributed by atoms with Crippen molar-refractivity contribution in [1.29, 1.82) is 0 Å². The number of piperidine rings is 1. The van der Waals surface area contributed by atoms with E-state index in [2.05, 4.69) is 5.32 Å². The summed E-state index contributed by atoms with van der Waals surface area (Å²) in [5.74, 6) is -0.763. The van der Waals surface area contributed by atoms with Gasteiger partial charge in [-0.3, -0.25) is 24.0 Å². The number of carboxylic acid groups (broad SMARTS) is 1. The van der Waals surface area contributed by atoms with Crippen LogP contribution in [0.1, 0.15) is 37.3 Å². The summed E-state index contributed by atoms with van der Waals surface area (Å²) in [6, 6.07) is 4.94. The first-order valence-corrected chi connectivity index (χ1v) is 10.5. The Morgan fingerprint density at radius 1 is 1.26 bits per heavy atom. The number of para-hydroxylation sites is 1. The molecule has 0 spiro atoms. The molecule has 0 saturated carbocycles. The van der Waals surface area contributed by atoms with E-state index in [1.807, 2.05) is 18.2 Å². The number of imidazole rings is 1. The number of benzene rings is 1. The third-order valence-corrected chi connectivity index (χ3v) is 6.07. The number of likely N-dealkylation sites (tertiary alicyclic amines) is 1. The van der Waals surface area contributed by atoms with Gasteiger partial charge in [0.1, 0.15) is 6.04 Å². The van der Waals surface area contributed by atoms with Gasteiger partial charge in [0, 0.05) is 26.6 Å². The second-order valence-electron chi connectivity index (χ2n) is 8.08.